The lowest BCUT2D eigenvalue weighted by atomic mass is 10.2. The van der Waals surface area contributed by atoms with Gasteiger partial charge in [0.25, 0.3) is 0 Å². The lowest BCUT2D eigenvalue weighted by molar-refractivity contribution is 0.814. The molecule has 0 aromatic heterocycles. The molecule has 2 aliphatic carbocycles. The van der Waals surface area contributed by atoms with Gasteiger partial charge in [-0.2, -0.15) is 0 Å². The van der Waals surface area contributed by atoms with Crippen molar-refractivity contribution in [3.8, 4) is 0 Å². The summed E-state index contributed by atoms with van der Waals surface area (Å²) < 4.78 is 0. The number of hydrogen-bond acceptors (Lipinski definition) is 0. The number of allylic oxidation sites excluding steroid dienone is 3. The summed E-state index contributed by atoms with van der Waals surface area (Å²) in [6.07, 6.45) is 7.30. The Morgan fingerprint density at radius 3 is 2.88 bits per heavy atom. The quantitative estimate of drug-likeness (QED) is 0.444. The van der Waals surface area contributed by atoms with Crippen LogP contribution < -0.4 is 0 Å². The molecule has 0 heteroatoms. The second-order valence-electron chi connectivity index (χ2n) is 2.65. The van der Waals surface area contributed by atoms with Crippen molar-refractivity contribution in [2.75, 3.05) is 0 Å². The van der Waals surface area contributed by atoms with Crippen LogP contribution in [0.5, 0.6) is 0 Å². The summed E-state index contributed by atoms with van der Waals surface area (Å²) in [6, 6.07) is 0. The van der Waals surface area contributed by atoms with Crippen LogP contribution in [0, 0.1) is 24.3 Å². The molecule has 8 heavy (non-hydrogen) atoms. The molecule has 3 atom stereocenters. The fraction of sp³-hybridized carbons (Fsp3) is 0.500. The van der Waals surface area contributed by atoms with Crippen LogP contribution in [-0.2, 0) is 0 Å². The van der Waals surface area contributed by atoms with Gasteiger partial charge < -0.3 is 0 Å². The Morgan fingerprint density at radius 2 is 2.50 bits per heavy atom. The van der Waals surface area contributed by atoms with Gasteiger partial charge in [0.1, 0.15) is 0 Å². The number of fused-ring (bicyclic) bond motifs is 1. The van der Waals surface area contributed by atoms with E-state index in [1.807, 2.05) is 0 Å². The monoisotopic (exact) mass is 104 g/mol. The first kappa shape index (κ1) is 4.37. The Hall–Kier alpha value is -0.520. The third-order valence-electron chi connectivity index (χ3n) is 2.25. The van der Waals surface area contributed by atoms with Gasteiger partial charge in [-0.25, -0.2) is 0 Å². The van der Waals surface area contributed by atoms with Gasteiger partial charge in [0.2, 0.25) is 0 Å². The third kappa shape index (κ3) is 0.360. The molecule has 2 aliphatic rings. The van der Waals surface area contributed by atoms with E-state index in [1.54, 1.807) is 6.08 Å². The van der Waals surface area contributed by atoms with E-state index in [-0.39, 0.29) is 0 Å². The Morgan fingerprint density at radius 1 is 1.62 bits per heavy atom. The van der Waals surface area contributed by atoms with E-state index >= 15 is 0 Å². The maximum atomic E-state index is 6.96. The van der Waals surface area contributed by atoms with E-state index in [0.29, 0.717) is 5.92 Å². The fourth-order valence-corrected chi connectivity index (χ4v) is 1.64. The molecule has 0 heterocycles. The summed E-state index contributed by atoms with van der Waals surface area (Å²) in [6.45, 7) is 6.96. The molecule has 1 fully saturated rings. The molecule has 0 aromatic rings. The first-order valence-electron chi connectivity index (χ1n) is 3.11. The van der Waals surface area contributed by atoms with Crippen LogP contribution in [0.15, 0.2) is 18.2 Å². The van der Waals surface area contributed by atoms with Gasteiger partial charge in [-0.15, -0.1) is 0 Å². The van der Waals surface area contributed by atoms with Gasteiger partial charge in [0.05, 0.1) is 0 Å². The zero-order valence-electron chi connectivity index (χ0n) is 4.67. The molecule has 2 rings (SSSR count). The van der Waals surface area contributed by atoms with E-state index < -0.39 is 0 Å². The van der Waals surface area contributed by atoms with Crippen molar-refractivity contribution in [3.63, 3.8) is 0 Å². The van der Waals surface area contributed by atoms with Crippen molar-refractivity contribution in [2.45, 2.75) is 6.42 Å². The molecule has 0 unspecified atom stereocenters. The second-order valence-corrected chi connectivity index (χ2v) is 2.65. The molecule has 0 aliphatic heterocycles. The smallest absolute Gasteiger partial charge is 0.0121 e. The Balaban J connectivity index is 2.12. The van der Waals surface area contributed by atoms with Gasteiger partial charge in [0, 0.05) is 0 Å². The molecule has 0 saturated heterocycles. The molecule has 0 amide bonds. The maximum Gasteiger partial charge on any atom is -0.0121 e. The predicted molar refractivity (Wildman–Crippen MR) is 32.0 cm³/mol. The lowest BCUT2D eigenvalue weighted by Crippen LogP contribution is -1.73. The van der Waals surface area contributed by atoms with Gasteiger partial charge in [0.15, 0.2) is 0 Å². The molecule has 0 bridgehead atoms. The van der Waals surface area contributed by atoms with Crippen LogP contribution in [0.1, 0.15) is 6.42 Å². The topological polar surface area (TPSA) is 0 Å². The third-order valence-corrected chi connectivity index (χ3v) is 2.25. The lowest BCUT2D eigenvalue weighted by Gasteiger charge is -1.84. The van der Waals surface area contributed by atoms with Crippen molar-refractivity contribution in [2.24, 2.45) is 17.8 Å². The summed E-state index contributed by atoms with van der Waals surface area (Å²) >= 11 is 0. The highest BCUT2D eigenvalue weighted by Gasteiger charge is 2.47. The van der Waals surface area contributed by atoms with E-state index in [4.69, 9.17) is 6.58 Å². The number of hydrogen-bond donors (Lipinski definition) is 0. The van der Waals surface area contributed by atoms with Crippen LogP contribution >= 0.6 is 0 Å². The summed E-state index contributed by atoms with van der Waals surface area (Å²) in [4.78, 5) is 0. The van der Waals surface area contributed by atoms with E-state index in [1.165, 1.54) is 6.42 Å². The van der Waals surface area contributed by atoms with Crippen LogP contribution in [-0.4, -0.2) is 0 Å². The molecule has 0 nitrogen and oxygen atoms in total. The van der Waals surface area contributed by atoms with Gasteiger partial charge in [-0.1, -0.05) is 18.2 Å². The van der Waals surface area contributed by atoms with E-state index in [2.05, 4.69) is 12.2 Å². The molecule has 0 N–H and O–H groups in total. The number of rotatable bonds is 1. The molecule has 1 saturated carbocycles. The van der Waals surface area contributed by atoms with Crippen molar-refractivity contribution in [3.05, 3.63) is 24.8 Å². The minimum Gasteiger partial charge on any atom is -0.0879 e. The molecule has 2 radical (unpaired) electrons. The molecule has 40 valence electrons. The van der Waals surface area contributed by atoms with Gasteiger partial charge in [-0.3, -0.25) is 0 Å². The minimum atomic E-state index is 0.625. The van der Waals surface area contributed by atoms with Crippen molar-refractivity contribution in [1.82, 2.24) is 0 Å². The van der Waals surface area contributed by atoms with Crippen LogP contribution in [0.25, 0.3) is 0 Å². The molecule has 0 aromatic carbocycles. The first-order valence-corrected chi connectivity index (χ1v) is 3.11. The molecular formula is C8H8. The fourth-order valence-electron chi connectivity index (χ4n) is 1.64. The molecule has 0 spiro atoms. The Kier molecular flexibility index (Phi) is 0.682. The highest BCUT2D eigenvalue weighted by molar-refractivity contribution is 5.20. The highest BCUT2D eigenvalue weighted by Crippen LogP contribution is 2.54. The van der Waals surface area contributed by atoms with Crippen molar-refractivity contribution >= 4 is 0 Å². The van der Waals surface area contributed by atoms with Crippen molar-refractivity contribution in [1.29, 1.82) is 0 Å². The van der Waals surface area contributed by atoms with Crippen LogP contribution in [0.4, 0.5) is 0 Å². The van der Waals surface area contributed by atoms with Gasteiger partial charge >= 0.3 is 0 Å². The van der Waals surface area contributed by atoms with E-state index in [9.17, 15) is 0 Å². The average molecular weight is 104 g/mol. The van der Waals surface area contributed by atoms with Crippen molar-refractivity contribution < 1.29 is 0 Å². The Bertz CT molecular complexity index is 140. The maximum absolute atomic E-state index is 6.96. The highest BCUT2D eigenvalue weighted by atomic mass is 14.5. The second kappa shape index (κ2) is 1.25. The summed E-state index contributed by atoms with van der Waals surface area (Å²) in [5, 5.41) is 0. The van der Waals surface area contributed by atoms with Crippen LogP contribution in [0.3, 0.4) is 0 Å². The predicted octanol–water partition coefficient (Wildman–Crippen LogP) is 1.67. The normalized spacial score (nSPS) is 48.8. The standard InChI is InChI=1S/C8H8/c1-2-6-7-4-3-5-8(6)7/h2-4,6-8H,5H2/t6-,7+,8-/m1/s1. The van der Waals surface area contributed by atoms with E-state index in [0.717, 1.165) is 11.8 Å². The first-order chi connectivity index (χ1) is 3.93. The summed E-state index contributed by atoms with van der Waals surface area (Å²) in [5.74, 6) is 2.24. The average Bonchev–Trinajstić information content (AvgIpc) is 2.22. The Labute approximate surface area is 49.9 Å². The summed E-state index contributed by atoms with van der Waals surface area (Å²) in [7, 11) is 0. The minimum absolute atomic E-state index is 0.625. The molecular weight excluding hydrogens is 96.1 g/mol. The zero-order valence-corrected chi connectivity index (χ0v) is 4.67. The van der Waals surface area contributed by atoms with Crippen LogP contribution in [0.2, 0.25) is 0 Å². The summed E-state index contributed by atoms with van der Waals surface area (Å²) in [5.41, 5.74) is 0. The zero-order chi connectivity index (χ0) is 5.56. The SMILES string of the molecule is [C]=C[C@@H]1[C@@H]2C=CC[C@H]12. The van der Waals surface area contributed by atoms with Gasteiger partial charge in [-0.05, 0) is 30.8 Å². The largest absolute Gasteiger partial charge is 0.0879 e.